The van der Waals surface area contributed by atoms with Crippen molar-refractivity contribution in [1.29, 1.82) is 5.26 Å². The molecule has 1 unspecified atom stereocenters. The van der Waals surface area contributed by atoms with Crippen molar-refractivity contribution in [3.8, 4) is 6.07 Å². The molecule has 116 valence electrons. The molecule has 0 bridgehead atoms. The van der Waals surface area contributed by atoms with Crippen molar-refractivity contribution < 1.29 is 13.5 Å². The molecular weight excluding hydrogens is 290 g/mol. The van der Waals surface area contributed by atoms with Crippen LogP contribution in [0.25, 0.3) is 0 Å². The number of nitriles is 1. The molecule has 0 radical (unpaired) electrons. The van der Waals surface area contributed by atoms with Crippen LogP contribution in [0.5, 0.6) is 0 Å². The molecule has 6 nitrogen and oxygen atoms in total. The number of hydrogen-bond acceptors (Lipinski definition) is 5. The summed E-state index contributed by atoms with van der Waals surface area (Å²) in [6, 6.07) is 6.40. The van der Waals surface area contributed by atoms with Crippen molar-refractivity contribution in [2.24, 2.45) is 0 Å². The molecule has 0 aromatic heterocycles. The van der Waals surface area contributed by atoms with E-state index in [0.29, 0.717) is 12.1 Å². The van der Waals surface area contributed by atoms with E-state index in [2.05, 4.69) is 4.72 Å². The van der Waals surface area contributed by atoms with Crippen LogP contribution in [-0.2, 0) is 10.0 Å². The van der Waals surface area contributed by atoms with Gasteiger partial charge in [-0.05, 0) is 45.6 Å². The maximum Gasteiger partial charge on any atom is 0.240 e. The van der Waals surface area contributed by atoms with E-state index in [4.69, 9.17) is 5.26 Å². The topological polar surface area (TPSA) is 93.4 Å². The minimum atomic E-state index is -3.77. The number of aliphatic hydroxyl groups is 1. The van der Waals surface area contributed by atoms with E-state index in [0.717, 1.165) is 0 Å². The largest absolute Gasteiger partial charge is 0.387 e. The van der Waals surface area contributed by atoms with Crippen molar-refractivity contribution in [2.75, 3.05) is 27.2 Å². The summed E-state index contributed by atoms with van der Waals surface area (Å²) in [6.45, 7) is 3.44. The minimum absolute atomic E-state index is 0.0576. The zero-order valence-electron chi connectivity index (χ0n) is 12.7. The van der Waals surface area contributed by atoms with E-state index in [1.807, 2.05) is 6.07 Å². The van der Waals surface area contributed by atoms with Crippen molar-refractivity contribution in [1.82, 2.24) is 9.62 Å². The molecule has 0 aliphatic heterocycles. The number of nitrogens with one attached hydrogen (secondary N) is 1. The molecule has 0 heterocycles. The van der Waals surface area contributed by atoms with Gasteiger partial charge in [0.2, 0.25) is 10.0 Å². The number of benzene rings is 1. The highest BCUT2D eigenvalue weighted by atomic mass is 32.2. The van der Waals surface area contributed by atoms with Gasteiger partial charge in [-0.15, -0.1) is 0 Å². The zero-order valence-corrected chi connectivity index (χ0v) is 13.5. The Hall–Kier alpha value is -1.46. The van der Waals surface area contributed by atoms with Gasteiger partial charge in [0.1, 0.15) is 0 Å². The van der Waals surface area contributed by atoms with Crippen LogP contribution in [0.3, 0.4) is 0 Å². The van der Waals surface area contributed by atoms with Gasteiger partial charge in [-0.2, -0.15) is 5.26 Å². The number of aryl methyl sites for hydroxylation is 1. The fourth-order valence-corrected chi connectivity index (χ4v) is 3.46. The van der Waals surface area contributed by atoms with Crippen LogP contribution >= 0.6 is 0 Å². The van der Waals surface area contributed by atoms with Crippen molar-refractivity contribution in [3.63, 3.8) is 0 Å². The Morgan fingerprint density at radius 1 is 1.43 bits per heavy atom. The first-order valence-corrected chi connectivity index (χ1v) is 7.93. The minimum Gasteiger partial charge on any atom is -0.387 e. The molecule has 1 aromatic carbocycles. The SMILES string of the molecule is Cc1ccc(C#N)cc1S(=O)(=O)NCC(C)(O)CN(C)C. The van der Waals surface area contributed by atoms with Gasteiger partial charge in [-0.1, -0.05) is 6.07 Å². The molecule has 1 rings (SSSR count). The predicted molar refractivity (Wildman–Crippen MR) is 80.3 cm³/mol. The number of hydrogen-bond donors (Lipinski definition) is 2. The molecule has 1 atom stereocenters. The fraction of sp³-hybridized carbons (Fsp3) is 0.500. The molecule has 0 aliphatic carbocycles. The summed E-state index contributed by atoms with van der Waals surface area (Å²) in [6.07, 6.45) is 0. The van der Waals surface area contributed by atoms with Crippen molar-refractivity contribution in [3.05, 3.63) is 29.3 Å². The van der Waals surface area contributed by atoms with Gasteiger partial charge in [-0.3, -0.25) is 0 Å². The van der Waals surface area contributed by atoms with Gasteiger partial charge in [0.05, 0.1) is 22.1 Å². The molecule has 0 saturated heterocycles. The van der Waals surface area contributed by atoms with E-state index in [1.165, 1.54) is 6.07 Å². The first-order chi connectivity index (χ1) is 9.57. The quantitative estimate of drug-likeness (QED) is 0.796. The maximum absolute atomic E-state index is 12.3. The highest BCUT2D eigenvalue weighted by molar-refractivity contribution is 7.89. The lowest BCUT2D eigenvalue weighted by molar-refractivity contribution is 0.0386. The number of likely N-dealkylation sites (N-methyl/N-ethyl adjacent to an activating group) is 1. The number of sulfonamides is 1. The monoisotopic (exact) mass is 311 g/mol. The number of nitrogens with zero attached hydrogens (tertiary/aromatic N) is 2. The molecule has 7 heteroatoms. The van der Waals surface area contributed by atoms with Crippen LogP contribution in [0.15, 0.2) is 23.1 Å². The van der Waals surface area contributed by atoms with Gasteiger partial charge < -0.3 is 10.0 Å². The summed E-state index contributed by atoms with van der Waals surface area (Å²) in [5.74, 6) is 0. The Labute approximate surface area is 126 Å². The predicted octanol–water partition coefficient (Wildman–Crippen LogP) is 0.458. The third-order valence-corrected chi connectivity index (χ3v) is 4.45. The summed E-state index contributed by atoms with van der Waals surface area (Å²) in [5, 5.41) is 19.0. The van der Waals surface area contributed by atoms with Gasteiger partial charge in [0, 0.05) is 13.1 Å². The van der Waals surface area contributed by atoms with Gasteiger partial charge in [0.25, 0.3) is 0 Å². The Morgan fingerprint density at radius 3 is 2.57 bits per heavy atom. The first kappa shape index (κ1) is 17.6. The Balaban J connectivity index is 2.95. The second-order valence-corrected chi connectivity index (χ2v) is 7.39. The summed E-state index contributed by atoms with van der Waals surface area (Å²) in [4.78, 5) is 1.83. The van der Waals surface area contributed by atoms with E-state index >= 15 is 0 Å². The van der Waals surface area contributed by atoms with Crippen LogP contribution < -0.4 is 4.72 Å². The summed E-state index contributed by atoms with van der Waals surface area (Å²) in [5.41, 5.74) is -0.355. The molecular formula is C14H21N3O3S. The van der Waals surface area contributed by atoms with Crippen molar-refractivity contribution in [2.45, 2.75) is 24.3 Å². The third kappa shape index (κ3) is 5.10. The average Bonchev–Trinajstić information content (AvgIpc) is 2.36. The molecule has 0 saturated carbocycles. The van der Waals surface area contributed by atoms with Crippen LogP contribution in [0.2, 0.25) is 0 Å². The standard InChI is InChI=1S/C14H21N3O3S/c1-11-5-6-12(8-15)7-13(11)21(19,20)16-9-14(2,18)10-17(3)4/h5-7,16,18H,9-10H2,1-4H3. The molecule has 21 heavy (non-hydrogen) atoms. The fourth-order valence-electron chi connectivity index (χ4n) is 2.02. The van der Waals surface area contributed by atoms with Gasteiger partial charge >= 0.3 is 0 Å². The van der Waals surface area contributed by atoms with E-state index in [-0.39, 0.29) is 17.0 Å². The average molecular weight is 311 g/mol. The Morgan fingerprint density at radius 2 is 2.05 bits per heavy atom. The normalized spacial score (nSPS) is 14.7. The smallest absolute Gasteiger partial charge is 0.240 e. The van der Waals surface area contributed by atoms with E-state index in [1.54, 1.807) is 45.0 Å². The molecule has 0 aliphatic rings. The lowest BCUT2D eigenvalue weighted by Crippen LogP contribution is -2.47. The van der Waals surface area contributed by atoms with E-state index < -0.39 is 15.6 Å². The second kappa shape index (κ2) is 6.54. The summed E-state index contributed by atoms with van der Waals surface area (Å²) in [7, 11) is -0.182. The summed E-state index contributed by atoms with van der Waals surface area (Å²) < 4.78 is 27.0. The second-order valence-electron chi connectivity index (χ2n) is 5.65. The highest BCUT2D eigenvalue weighted by Crippen LogP contribution is 2.17. The maximum atomic E-state index is 12.3. The molecule has 0 amide bonds. The van der Waals surface area contributed by atoms with Crippen LogP contribution in [0.1, 0.15) is 18.1 Å². The van der Waals surface area contributed by atoms with Crippen LogP contribution in [0, 0.1) is 18.3 Å². The van der Waals surface area contributed by atoms with Gasteiger partial charge in [0.15, 0.2) is 0 Å². The number of rotatable bonds is 6. The zero-order chi connectivity index (χ0) is 16.3. The van der Waals surface area contributed by atoms with Crippen molar-refractivity contribution >= 4 is 10.0 Å². The Bertz CT molecular complexity index is 646. The van der Waals surface area contributed by atoms with Crippen LogP contribution in [0.4, 0.5) is 0 Å². The molecule has 2 N–H and O–H groups in total. The molecule has 0 fully saturated rings. The Kier molecular flexibility index (Phi) is 5.48. The van der Waals surface area contributed by atoms with Crippen LogP contribution in [-0.4, -0.2) is 51.2 Å². The van der Waals surface area contributed by atoms with E-state index in [9.17, 15) is 13.5 Å². The highest BCUT2D eigenvalue weighted by Gasteiger charge is 2.25. The van der Waals surface area contributed by atoms with Gasteiger partial charge in [-0.25, -0.2) is 13.1 Å². The third-order valence-electron chi connectivity index (χ3n) is 2.91. The summed E-state index contributed by atoms with van der Waals surface area (Å²) >= 11 is 0. The molecule has 1 aromatic rings. The lowest BCUT2D eigenvalue weighted by atomic mass is 10.1. The molecule has 0 spiro atoms. The lowest BCUT2D eigenvalue weighted by Gasteiger charge is -2.27. The first-order valence-electron chi connectivity index (χ1n) is 6.45.